The van der Waals surface area contributed by atoms with Crippen LogP contribution in [0.15, 0.2) is 28.9 Å². The lowest BCUT2D eigenvalue weighted by atomic mass is 9.87. The SMILES string of the molecule is CCN1CC(NC(=O)c2c(-c3ccccn3)noc2C)C(C)(C)C1. The zero-order valence-electron chi connectivity index (χ0n) is 14.7. The molecule has 1 amide bonds. The van der Waals surface area contributed by atoms with Gasteiger partial charge in [0.1, 0.15) is 17.0 Å². The van der Waals surface area contributed by atoms with Crippen LogP contribution in [-0.2, 0) is 0 Å². The standard InChI is InChI=1S/C18H24N4O2/c1-5-22-10-14(18(3,4)11-22)20-17(23)15-12(2)24-21-16(15)13-8-6-7-9-19-13/h6-9,14H,5,10-11H2,1-4H3,(H,20,23). The molecule has 6 nitrogen and oxygen atoms in total. The number of hydrogen-bond acceptors (Lipinski definition) is 5. The molecule has 2 aromatic heterocycles. The van der Waals surface area contributed by atoms with E-state index in [1.165, 1.54) is 0 Å². The van der Waals surface area contributed by atoms with Crippen molar-refractivity contribution < 1.29 is 9.32 Å². The Balaban J connectivity index is 1.85. The molecule has 3 heterocycles. The number of likely N-dealkylation sites (N-methyl/N-ethyl adjacent to an activating group) is 1. The molecule has 6 heteroatoms. The van der Waals surface area contributed by atoms with Gasteiger partial charge in [-0.25, -0.2) is 0 Å². The summed E-state index contributed by atoms with van der Waals surface area (Å²) in [4.78, 5) is 19.5. The molecule has 3 rings (SSSR count). The summed E-state index contributed by atoms with van der Waals surface area (Å²) in [5.41, 5.74) is 1.63. The first-order valence-electron chi connectivity index (χ1n) is 8.33. The van der Waals surface area contributed by atoms with Crippen molar-refractivity contribution in [2.75, 3.05) is 19.6 Å². The molecule has 1 N–H and O–H groups in total. The highest BCUT2D eigenvalue weighted by Crippen LogP contribution is 2.30. The lowest BCUT2D eigenvalue weighted by Gasteiger charge is -2.26. The Kier molecular flexibility index (Phi) is 4.41. The average molecular weight is 328 g/mol. The third-order valence-corrected chi connectivity index (χ3v) is 4.77. The normalized spacial score (nSPS) is 20.2. The van der Waals surface area contributed by atoms with Crippen LogP contribution >= 0.6 is 0 Å². The fourth-order valence-corrected chi connectivity index (χ4v) is 3.29. The highest BCUT2D eigenvalue weighted by Gasteiger charge is 2.40. The van der Waals surface area contributed by atoms with E-state index < -0.39 is 0 Å². The van der Waals surface area contributed by atoms with Gasteiger partial charge in [-0.05, 0) is 31.0 Å². The fraction of sp³-hybridized carbons (Fsp3) is 0.500. The molecule has 24 heavy (non-hydrogen) atoms. The number of hydrogen-bond donors (Lipinski definition) is 1. The second kappa shape index (κ2) is 6.36. The molecule has 1 atom stereocenters. The maximum absolute atomic E-state index is 12.9. The van der Waals surface area contributed by atoms with E-state index in [2.05, 4.69) is 41.1 Å². The monoisotopic (exact) mass is 328 g/mol. The van der Waals surface area contributed by atoms with E-state index in [1.807, 2.05) is 18.2 Å². The quantitative estimate of drug-likeness (QED) is 0.934. The predicted octanol–water partition coefficient (Wildman–Crippen LogP) is 2.51. The van der Waals surface area contributed by atoms with Gasteiger partial charge in [0.2, 0.25) is 0 Å². The summed E-state index contributed by atoms with van der Waals surface area (Å²) in [5, 5.41) is 7.22. The van der Waals surface area contributed by atoms with Gasteiger partial charge < -0.3 is 14.7 Å². The molecule has 1 aliphatic heterocycles. The average Bonchev–Trinajstić information content (AvgIpc) is 3.08. The van der Waals surface area contributed by atoms with Crippen LogP contribution in [0.2, 0.25) is 0 Å². The van der Waals surface area contributed by atoms with Gasteiger partial charge in [0.25, 0.3) is 5.91 Å². The highest BCUT2D eigenvalue weighted by molar-refractivity contribution is 6.00. The van der Waals surface area contributed by atoms with Crippen LogP contribution in [-0.4, -0.2) is 46.6 Å². The number of aromatic nitrogens is 2. The van der Waals surface area contributed by atoms with E-state index >= 15 is 0 Å². The van der Waals surface area contributed by atoms with Gasteiger partial charge in [-0.1, -0.05) is 32.0 Å². The van der Waals surface area contributed by atoms with Crippen molar-refractivity contribution in [2.45, 2.75) is 33.7 Å². The van der Waals surface area contributed by atoms with E-state index in [9.17, 15) is 4.79 Å². The number of carbonyl (C=O) groups excluding carboxylic acids is 1. The maximum atomic E-state index is 12.9. The molecular formula is C18H24N4O2. The van der Waals surface area contributed by atoms with Crippen LogP contribution in [0, 0.1) is 12.3 Å². The first-order valence-corrected chi connectivity index (χ1v) is 8.33. The molecule has 2 aromatic rings. The number of carbonyl (C=O) groups is 1. The van der Waals surface area contributed by atoms with Crippen LogP contribution < -0.4 is 5.32 Å². The molecule has 0 aliphatic carbocycles. The van der Waals surface area contributed by atoms with Crippen molar-refractivity contribution in [3.8, 4) is 11.4 Å². The van der Waals surface area contributed by atoms with Crippen molar-refractivity contribution in [3.63, 3.8) is 0 Å². The summed E-state index contributed by atoms with van der Waals surface area (Å²) in [7, 11) is 0. The van der Waals surface area contributed by atoms with Crippen LogP contribution in [0.5, 0.6) is 0 Å². The molecule has 1 saturated heterocycles. The summed E-state index contributed by atoms with van der Waals surface area (Å²) in [6.45, 7) is 11.1. The number of likely N-dealkylation sites (tertiary alicyclic amines) is 1. The zero-order chi connectivity index (χ0) is 17.3. The largest absolute Gasteiger partial charge is 0.360 e. The minimum atomic E-state index is -0.148. The first kappa shape index (κ1) is 16.6. The van der Waals surface area contributed by atoms with Crippen LogP contribution in [0.1, 0.15) is 36.9 Å². The summed E-state index contributed by atoms with van der Waals surface area (Å²) in [6, 6.07) is 5.62. The molecule has 1 aliphatic rings. The van der Waals surface area contributed by atoms with Gasteiger partial charge in [-0.2, -0.15) is 0 Å². The topological polar surface area (TPSA) is 71.3 Å². The van der Waals surface area contributed by atoms with E-state index in [0.717, 1.165) is 19.6 Å². The lowest BCUT2D eigenvalue weighted by molar-refractivity contribution is 0.0915. The summed E-state index contributed by atoms with van der Waals surface area (Å²) >= 11 is 0. The molecule has 0 bridgehead atoms. The summed E-state index contributed by atoms with van der Waals surface area (Å²) < 4.78 is 5.27. The Hall–Kier alpha value is -2.21. The highest BCUT2D eigenvalue weighted by atomic mass is 16.5. The molecular weight excluding hydrogens is 304 g/mol. The minimum absolute atomic E-state index is 0.0297. The predicted molar refractivity (Wildman–Crippen MR) is 91.6 cm³/mol. The number of aryl methyl sites for hydroxylation is 1. The van der Waals surface area contributed by atoms with Crippen molar-refractivity contribution >= 4 is 5.91 Å². The third-order valence-electron chi connectivity index (χ3n) is 4.77. The van der Waals surface area contributed by atoms with Crippen molar-refractivity contribution in [3.05, 3.63) is 35.7 Å². The number of nitrogens with zero attached hydrogens (tertiary/aromatic N) is 3. The van der Waals surface area contributed by atoms with Gasteiger partial charge in [0.15, 0.2) is 0 Å². The van der Waals surface area contributed by atoms with Crippen molar-refractivity contribution in [2.24, 2.45) is 5.41 Å². The Morgan fingerprint density at radius 1 is 1.46 bits per heavy atom. The Morgan fingerprint density at radius 2 is 2.25 bits per heavy atom. The summed E-state index contributed by atoms with van der Waals surface area (Å²) in [5.74, 6) is 0.363. The van der Waals surface area contributed by atoms with E-state index in [-0.39, 0.29) is 17.4 Å². The number of amides is 1. The maximum Gasteiger partial charge on any atom is 0.257 e. The number of nitrogens with one attached hydrogen (secondary N) is 1. The smallest absolute Gasteiger partial charge is 0.257 e. The molecule has 128 valence electrons. The van der Waals surface area contributed by atoms with E-state index in [0.29, 0.717) is 22.7 Å². The molecule has 0 spiro atoms. The zero-order valence-corrected chi connectivity index (χ0v) is 14.7. The third kappa shape index (κ3) is 3.06. The molecule has 0 saturated carbocycles. The van der Waals surface area contributed by atoms with E-state index in [1.54, 1.807) is 13.1 Å². The Labute approximate surface area is 142 Å². The van der Waals surface area contributed by atoms with Crippen LogP contribution in [0.25, 0.3) is 11.4 Å². The van der Waals surface area contributed by atoms with Gasteiger partial charge in [0.05, 0.1) is 5.69 Å². The van der Waals surface area contributed by atoms with Crippen LogP contribution in [0.4, 0.5) is 0 Å². The summed E-state index contributed by atoms with van der Waals surface area (Å²) in [6.07, 6.45) is 1.68. The van der Waals surface area contributed by atoms with Gasteiger partial charge >= 0.3 is 0 Å². The molecule has 0 aromatic carbocycles. The minimum Gasteiger partial charge on any atom is -0.360 e. The van der Waals surface area contributed by atoms with Gasteiger partial charge in [-0.15, -0.1) is 0 Å². The molecule has 1 unspecified atom stereocenters. The first-order chi connectivity index (χ1) is 11.4. The molecule has 1 fully saturated rings. The lowest BCUT2D eigenvalue weighted by Crippen LogP contribution is -2.44. The van der Waals surface area contributed by atoms with E-state index in [4.69, 9.17) is 4.52 Å². The van der Waals surface area contributed by atoms with Crippen LogP contribution in [0.3, 0.4) is 0 Å². The van der Waals surface area contributed by atoms with Crippen molar-refractivity contribution in [1.82, 2.24) is 20.4 Å². The van der Waals surface area contributed by atoms with Gasteiger partial charge in [0, 0.05) is 25.3 Å². The Bertz CT molecular complexity index is 724. The fourth-order valence-electron chi connectivity index (χ4n) is 3.29. The van der Waals surface area contributed by atoms with Gasteiger partial charge in [-0.3, -0.25) is 9.78 Å². The second-order valence-electron chi connectivity index (χ2n) is 7.02. The number of rotatable bonds is 4. The number of pyridine rings is 1. The second-order valence-corrected chi connectivity index (χ2v) is 7.02. The molecule has 0 radical (unpaired) electrons. The van der Waals surface area contributed by atoms with Crippen molar-refractivity contribution in [1.29, 1.82) is 0 Å². The Morgan fingerprint density at radius 3 is 2.88 bits per heavy atom.